The lowest BCUT2D eigenvalue weighted by molar-refractivity contribution is -0.0753. The second-order valence-electron chi connectivity index (χ2n) is 5.38. The van der Waals surface area contributed by atoms with Crippen LogP contribution in [0.3, 0.4) is 0 Å². The van der Waals surface area contributed by atoms with Crippen LogP contribution in [-0.4, -0.2) is 29.8 Å². The SMILES string of the molecule is CC1CN(c2nccc(CN)c2F)CC(C)(C)O1. The van der Waals surface area contributed by atoms with E-state index in [1.54, 1.807) is 12.3 Å². The monoisotopic (exact) mass is 253 g/mol. The lowest BCUT2D eigenvalue weighted by atomic mass is 10.1. The first-order chi connectivity index (χ1) is 8.43. The van der Waals surface area contributed by atoms with E-state index in [0.717, 1.165) is 0 Å². The van der Waals surface area contributed by atoms with Crippen molar-refractivity contribution >= 4 is 5.82 Å². The lowest BCUT2D eigenvalue weighted by Gasteiger charge is -2.42. The number of ether oxygens (including phenoxy) is 1. The smallest absolute Gasteiger partial charge is 0.170 e. The second-order valence-corrected chi connectivity index (χ2v) is 5.38. The lowest BCUT2D eigenvalue weighted by Crippen LogP contribution is -2.52. The third-order valence-electron chi connectivity index (χ3n) is 3.04. The largest absolute Gasteiger partial charge is 0.369 e. The maximum absolute atomic E-state index is 14.2. The van der Waals surface area contributed by atoms with Crippen molar-refractivity contribution in [3.63, 3.8) is 0 Å². The molecule has 0 saturated carbocycles. The van der Waals surface area contributed by atoms with E-state index in [2.05, 4.69) is 4.98 Å². The zero-order chi connectivity index (χ0) is 13.3. The van der Waals surface area contributed by atoms with Crippen LogP contribution in [0.1, 0.15) is 26.3 Å². The molecule has 0 spiro atoms. The molecule has 0 radical (unpaired) electrons. The van der Waals surface area contributed by atoms with Gasteiger partial charge in [0.1, 0.15) is 0 Å². The summed E-state index contributed by atoms with van der Waals surface area (Å²) < 4.78 is 20.0. The quantitative estimate of drug-likeness (QED) is 0.871. The van der Waals surface area contributed by atoms with Gasteiger partial charge in [0.15, 0.2) is 11.6 Å². The van der Waals surface area contributed by atoms with Gasteiger partial charge in [0.25, 0.3) is 0 Å². The van der Waals surface area contributed by atoms with Crippen LogP contribution in [0.15, 0.2) is 12.3 Å². The zero-order valence-corrected chi connectivity index (χ0v) is 11.1. The summed E-state index contributed by atoms with van der Waals surface area (Å²) in [5.41, 5.74) is 5.71. The molecule has 5 heteroatoms. The van der Waals surface area contributed by atoms with Crippen LogP contribution in [0, 0.1) is 5.82 Å². The van der Waals surface area contributed by atoms with Gasteiger partial charge in [-0.2, -0.15) is 0 Å². The summed E-state index contributed by atoms with van der Waals surface area (Å²) in [5, 5.41) is 0. The molecule has 0 amide bonds. The first-order valence-corrected chi connectivity index (χ1v) is 6.19. The predicted molar refractivity (Wildman–Crippen MR) is 68.9 cm³/mol. The van der Waals surface area contributed by atoms with E-state index in [-0.39, 0.29) is 24.1 Å². The number of nitrogens with two attached hydrogens (primary N) is 1. The molecule has 1 aliphatic rings. The van der Waals surface area contributed by atoms with Gasteiger partial charge in [-0.05, 0) is 26.8 Å². The average Bonchev–Trinajstić information content (AvgIpc) is 2.26. The minimum atomic E-state index is -0.315. The van der Waals surface area contributed by atoms with E-state index in [1.165, 1.54) is 0 Å². The van der Waals surface area contributed by atoms with Crippen molar-refractivity contribution in [1.29, 1.82) is 0 Å². The van der Waals surface area contributed by atoms with E-state index >= 15 is 0 Å². The summed E-state index contributed by atoms with van der Waals surface area (Å²) in [7, 11) is 0. The molecular weight excluding hydrogens is 233 g/mol. The molecule has 1 atom stereocenters. The summed E-state index contributed by atoms with van der Waals surface area (Å²) in [4.78, 5) is 6.08. The summed E-state index contributed by atoms with van der Waals surface area (Å²) in [6.07, 6.45) is 1.66. The molecule has 1 fully saturated rings. The van der Waals surface area contributed by atoms with Gasteiger partial charge in [-0.1, -0.05) is 0 Å². The Labute approximate surface area is 107 Å². The Morgan fingerprint density at radius 2 is 2.33 bits per heavy atom. The van der Waals surface area contributed by atoms with Gasteiger partial charge in [0.2, 0.25) is 0 Å². The number of morpholine rings is 1. The average molecular weight is 253 g/mol. The third kappa shape index (κ3) is 2.62. The van der Waals surface area contributed by atoms with E-state index in [4.69, 9.17) is 10.5 Å². The van der Waals surface area contributed by atoms with Crippen molar-refractivity contribution < 1.29 is 9.13 Å². The topological polar surface area (TPSA) is 51.4 Å². The number of hydrogen-bond acceptors (Lipinski definition) is 4. The number of anilines is 1. The fourth-order valence-corrected chi connectivity index (χ4v) is 2.46. The molecule has 1 aromatic heterocycles. The first-order valence-electron chi connectivity index (χ1n) is 6.19. The molecule has 2 N–H and O–H groups in total. The number of rotatable bonds is 2. The van der Waals surface area contributed by atoms with Gasteiger partial charge in [-0.15, -0.1) is 0 Å². The third-order valence-corrected chi connectivity index (χ3v) is 3.04. The van der Waals surface area contributed by atoms with Crippen molar-refractivity contribution in [2.24, 2.45) is 5.73 Å². The van der Waals surface area contributed by atoms with Crippen molar-refractivity contribution in [3.8, 4) is 0 Å². The normalized spacial score (nSPS) is 23.2. The highest BCUT2D eigenvalue weighted by Gasteiger charge is 2.33. The van der Waals surface area contributed by atoms with Gasteiger partial charge >= 0.3 is 0 Å². The molecule has 100 valence electrons. The second kappa shape index (κ2) is 4.82. The van der Waals surface area contributed by atoms with Crippen molar-refractivity contribution in [2.45, 2.75) is 39.0 Å². The molecule has 0 bridgehead atoms. The van der Waals surface area contributed by atoms with Gasteiger partial charge in [0.05, 0.1) is 11.7 Å². The Hall–Kier alpha value is -1.20. The summed E-state index contributed by atoms with van der Waals surface area (Å²) in [5.74, 6) is 0.0612. The van der Waals surface area contributed by atoms with Gasteiger partial charge < -0.3 is 15.4 Å². The number of nitrogens with zero attached hydrogens (tertiary/aromatic N) is 2. The predicted octanol–water partition coefficient (Wildman–Crippen LogP) is 1.68. The Balaban J connectivity index is 2.31. The minimum Gasteiger partial charge on any atom is -0.369 e. The summed E-state index contributed by atoms with van der Waals surface area (Å²) >= 11 is 0. The number of aromatic nitrogens is 1. The van der Waals surface area contributed by atoms with Crippen molar-refractivity contribution in [1.82, 2.24) is 4.98 Å². The van der Waals surface area contributed by atoms with Crippen LogP contribution in [-0.2, 0) is 11.3 Å². The highest BCUT2D eigenvalue weighted by Crippen LogP contribution is 2.27. The molecule has 0 aromatic carbocycles. The Bertz CT molecular complexity index is 436. The van der Waals surface area contributed by atoms with E-state index in [1.807, 2.05) is 25.7 Å². The Morgan fingerprint density at radius 1 is 1.61 bits per heavy atom. The first kappa shape index (κ1) is 13.2. The molecule has 4 nitrogen and oxygen atoms in total. The van der Waals surface area contributed by atoms with Crippen molar-refractivity contribution in [3.05, 3.63) is 23.6 Å². The highest BCUT2D eigenvalue weighted by atomic mass is 19.1. The molecular formula is C13H20FN3O. The Kier molecular flexibility index (Phi) is 3.54. The minimum absolute atomic E-state index is 0.0523. The molecule has 1 aromatic rings. The summed E-state index contributed by atoms with van der Waals surface area (Å²) in [6.45, 7) is 7.43. The van der Waals surface area contributed by atoms with Crippen molar-refractivity contribution in [2.75, 3.05) is 18.0 Å². The van der Waals surface area contributed by atoms with E-state index < -0.39 is 0 Å². The fraction of sp³-hybridized carbons (Fsp3) is 0.615. The molecule has 1 aliphatic heterocycles. The maximum atomic E-state index is 14.2. The van der Waals surface area contributed by atoms with Crippen LogP contribution in [0.4, 0.5) is 10.2 Å². The van der Waals surface area contributed by atoms with Crippen LogP contribution >= 0.6 is 0 Å². The van der Waals surface area contributed by atoms with Crippen LogP contribution < -0.4 is 10.6 Å². The standard InChI is InChI=1S/C13H20FN3O/c1-9-7-17(8-13(2,3)18-9)12-11(14)10(6-15)4-5-16-12/h4-5,9H,6-8,15H2,1-3H3. The number of pyridine rings is 1. The molecule has 0 aliphatic carbocycles. The van der Waals surface area contributed by atoms with Crippen LogP contribution in [0.2, 0.25) is 0 Å². The fourth-order valence-electron chi connectivity index (χ4n) is 2.46. The molecule has 2 rings (SSSR count). The van der Waals surface area contributed by atoms with Gasteiger partial charge in [0, 0.05) is 31.4 Å². The molecule has 1 saturated heterocycles. The van der Waals surface area contributed by atoms with Gasteiger partial charge in [-0.3, -0.25) is 0 Å². The van der Waals surface area contributed by atoms with Crippen LogP contribution in [0.25, 0.3) is 0 Å². The van der Waals surface area contributed by atoms with Gasteiger partial charge in [-0.25, -0.2) is 9.37 Å². The number of halogens is 1. The van der Waals surface area contributed by atoms with E-state index in [9.17, 15) is 4.39 Å². The maximum Gasteiger partial charge on any atom is 0.170 e. The highest BCUT2D eigenvalue weighted by molar-refractivity contribution is 5.44. The molecule has 18 heavy (non-hydrogen) atoms. The Morgan fingerprint density at radius 3 is 2.94 bits per heavy atom. The number of hydrogen-bond donors (Lipinski definition) is 1. The molecule has 1 unspecified atom stereocenters. The van der Waals surface area contributed by atoms with E-state index in [0.29, 0.717) is 24.5 Å². The zero-order valence-electron chi connectivity index (χ0n) is 11.1. The molecule has 2 heterocycles. The summed E-state index contributed by atoms with van der Waals surface area (Å²) in [6, 6.07) is 1.62. The van der Waals surface area contributed by atoms with Crippen LogP contribution in [0.5, 0.6) is 0 Å².